The predicted molar refractivity (Wildman–Crippen MR) is 59.1 cm³/mol. The molecule has 2 nitrogen and oxygen atoms in total. The van der Waals surface area contributed by atoms with E-state index in [1.807, 2.05) is 4.90 Å². The molecule has 1 aliphatic rings. The Kier molecular flexibility index (Phi) is 3.57. The van der Waals surface area contributed by atoms with Gasteiger partial charge in [-0.1, -0.05) is 27.7 Å². The minimum absolute atomic E-state index is 0.245. The summed E-state index contributed by atoms with van der Waals surface area (Å²) in [5.41, 5.74) is 0.245. The van der Waals surface area contributed by atoms with Crippen molar-refractivity contribution in [2.75, 3.05) is 13.1 Å². The van der Waals surface area contributed by atoms with Crippen LogP contribution in [0, 0.1) is 11.3 Å². The van der Waals surface area contributed by atoms with E-state index in [1.54, 1.807) is 0 Å². The quantitative estimate of drug-likeness (QED) is 0.666. The largest absolute Gasteiger partial charge is 0.343 e. The minimum Gasteiger partial charge on any atom is -0.343 e. The van der Waals surface area contributed by atoms with Crippen molar-refractivity contribution in [2.45, 2.75) is 47.0 Å². The summed E-state index contributed by atoms with van der Waals surface area (Å²) in [6.07, 6.45) is 3.09. The summed E-state index contributed by atoms with van der Waals surface area (Å²) >= 11 is 0. The standard InChI is InChI=1S/C12H23NO/c1-10(12(2,3)4)9-11(14)13-7-5-6-8-13/h10H,5-9H2,1-4H3. The van der Waals surface area contributed by atoms with Crippen LogP contribution in [0.15, 0.2) is 0 Å². The molecule has 1 saturated heterocycles. The van der Waals surface area contributed by atoms with Gasteiger partial charge in [0.15, 0.2) is 0 Å². The molecule has 0 aliphatic carbocycles. The molecular weight excluding hydrogens is 174 g/mol. The lowest BCUT2D eigenvalue weighted by Gasteiger charge is -2.28. The van der Waals surface area contributed by atoms with E-state index in [1.165, 1.54) is 12.8 Å². The highest BCUT2D eigenvalue weighted by atomic mass is 16.2. The lowest BCUT2D eigenvalue weighted by molar-refractivity contribution is -0.131. The van der Waals surface area contributed by atoms with Gasteiger partial charge in [-0.15, -0.1) is 0 Å². The molecule has 14 heavy (non-hydrogen) atoms. The number of hydrogen-bond acceptors (Lipinski definition) is 1. The van der Waals surface area contributed by atoms with Crippen LogP contribution in [0.2, 0.25) is 0 Å². The lowest BCUT2D eigenvalue weighted by atomic mass is 9.80. The topological polar surface area (TPSA) is 20.3 Å². The van der Waals surface area contributed by atoms with Crippen molar-refractivity contribution in [3.05, 3.63) is 0 Å². The summed E-state index contributed by atoms with van der Waals surface area (Å²) in [4.78, 5) is 13.8. The van der Waals surface area contributed by atoms with Crippen molar-refractivity contribution in [3.63, 3.8) is 0 Å². The fourth-order valence-electron chi connectivity index (χ4n) is 1.66. The summed E-state index contributed by atoms with van der Waals surface area (Å²) in [7, 11) is 0. The second-order valence-electron chi connectivity index (χ2n) is 5.56. The van der Waals surface area contributed by atoms with E-state index >= 15 is 0 Å². The van der Waals surface area contributed by atoms with Gasteiger partial charge in [0.1, 0.15) is 0 Å². The van der Waals surface area contributed by atoms with E-state index in [9.17, 15) is 4.79 Å². The maximum Gasteiger partial charge on any atom is 0.222 e. The molecule has 1 rings (SSSR count). The molecule has 1 aliphatic heterocycles. The molecule has 1 atom stereocenters. The minimum atomic E-state index is 0.245. The Labute approximate surface area is 87.7 Å². The number of carbonyl (C=O) groups excluding carboxylic acids is 1. The molecule has 1 unspecified atom stereocenters. The van der Waals surface area contributed by atoms with Crippen molar-refractivity contribution < 1.29 is 4.79 Å². The molecule has 82 valence electrons. The Balaban J connectivity index is 2.40. The zero-order valence-electron chi connectivity index (χ0n) is 9.97. The molecule has 0 radical (unpaired) electrons. The number of carbonyl (C=O) groups is 1. The van der Waals surface area contributed by atoms with Gasteiger partial charge in [-0.3, -0.25) is 4.79 Å². The number of amides is 1. The Morgan fingerprint density at radius 1 is 1.29 bits per heavy atom. The van der Waals surface area contributed by atoms with Crippen LogP contribution < -0.4 is 0 Å². The van der Waals surface area contributed by atoms with E-state index in [0.29, 0.717) is 18.2 Å². The highest BCUT2D eigenvalue weighted by Gasteiger charge is 2.26. The molecule has 0 aromatic heterocycles. The average molecular weight is 197 g/mol. The van der Waals surface area contributed by atoms with Gasteiger partial charge in [0.05, 0.1) is 0 Å². The number of nitrogens with zero attached hydrogens (tertiary/aromatic N) is 1. The number of hydrogen-bond donors (Lipinski definition) is 0. The molecule has 1 fully saturated rings. The van der Waals surface area contributed by atoms with E-state index in [-0.39, 0.29) is 5.41 Å². The normalized spacial score (nSPS) is 19.9. The molecule has 0 bridgehead atoms. The van der Waals surface area contributed by atoms with Crippen LogP contribution in [0.5, 0.6) is 0 Å². The summed E-state index contributed by atoms with van der Waals surface area (Å²) in [6.45, 7) is 10.7. The fourth-order valence-corrected chi connectivity index (χ4v) is 1.66. The van der Waals surface area contributed by atoms with Crippen molar-refractivity contribution in [1.82, 2.24) is 4.90 Å². The average Bonchev–Trinajstić information content (AvgIpc) is 2.53. The zero-order valence-corrected chi connectivity index (χ0v) is 9.97. The Morgan fingerprint density at radius 2 is 1.79 bits per heavy atom. The maximum atomic E-state index is 11.8. The molecule has 2 heteroatoms. The molecular formula is C12H23NO. The van der Waals surface area contributed by atoms with Crippen molar-refractivity contribution in [3.8, 4) is 0 Å². The first-order valence-electron chi connectivity index (χ1n) is 5.69. The lowest BCUT2D eigenvalue weighted by Crippen LogP contribution is -2.31. The van der Waals surface area contributed by atoms with E-state index in [0.717, 1.165) is 13.1 Å². The highest BCUT2D eigenvalue weighted by molar-refractivity contribution is 5.76. The molecule has 0 aromatic rings. The van der Waals surface area contributed by atoms with Crippen LogP contribution in [-0.2, 0) is 4.79 Å². The Morgan fingerprint density at radius 3 is 2.21 bits per heavy atom. The summed E-state index contributed by atoms with van der Waals surface area (Å²) in [5.74, 6) is 0.820. The second kappa shape index (κ2) is 4.33. The fraction of sp³-hybridized carbons (Fsp3) is 0.917. The summed E-state index contributed by atoms with van der Waals surface area (Å²) in [5, 5.41) is 0. The monoisotopic (exact) mass is 197 g/mol. The third kappa shape index (κ3) is 3.00. The third-order valence-electron chi connectivity index (χ3n) is 3.42. The van der Waals surface area contributed by atoms with Gasteiger partial charge >= 0.3 is 0 Å². The predicted octanol–water partition coefficient (Wildman–Crippen LogP) is 2.68. The van der Waals surface area contributed by atoms with Gasteiger partial charge in [0.2, 0.25) is 5.91 Å². The van der Waals surface area contributed by atoms with Gasteiger partial charge in [-0.05, 0) is 24.2 Å². The Hall–Kier alpha value is -0.530. The first-order chi connectivity index (χ1) is 6.41. The second-order valence-corrected chi connectivity index (χ2v) is 5.56. The van der Waals surface area contributed by atoms with Gasteiger partial charge in [0.25, 0.3) is 0 Å². The Bertz CT molecular complexity index is 199. The van der Waals surface area contributed by atoms with Gasteiger partial charge in [-0.25, -0.2) is 0 Å². The van der Waals surface area contributed by atoms with Crippen LogP contribution in [0.3, 0.4) is 0 Å². The summed E-state index contributed by atoms with van der Waals surface area (Å²) < 4.78 is 0. The van der Waals surface area contributed by atoms with E-state index < -0.39 is 0 Å². The van der Waals surface area contributed by atoms with E-state index in [2.05, 4.69) is 27.7 Å². The molecule has 0 aromatic carbocycles. The highest BCUT2D eigenvalue weighted by Crippen LogP contribution is 2.28. The molecule has 1 amide bonds. The van der Waals surface area contributed by atoms with Crippen LogP contribution in [0.25, 0.3) is 0 Å². The SMILES string of the molecule is CC(CC(=O)N1CCCC1)C(C)(C)C. The first-order valence-corrected chi connectivity index (χ1v) is 5.69. The summed E-state index contributed by atoms with van der Waals surface area (Å²) in [6, 6.07) is 0. The molecule has 1 heterocycles. The molecule has 0 spiro atoms. The van der Waals surface area contributed by atoms with Crippen molar-refractivity contribution >= 4 is 5.91 Å². The number of rotatable bonds is 2. The van der Waals surface area contributed by atoms with Gasteiger partial charge < -0.3 is 4.90 Å². The van der Waals surface area contributed by atoms with Gasteiger partial charge in [-0.2, -0.15) is 0 Å². The first kappa shape index (κ1) is 11.5. The number of likely N-dealkylation sites (tertiary alicyclic amines) is 1. The van der Waals surface area contributed by atoms with Crippen LogP contribution in [0.1, 0.15) is 47.0 Å². The maximum absolute atomic E-state index is 11.8. The van der Waals surface area contributed by atoms with Crippen LogP contribution in [-0.4, -0.2) is 23.9 Å². The van der Waals surface area contributed by atoms with Crippen molar-refractivity contribution in [1.29, 1.82) is 0 Å². The zero-order chi connectivity index (χ0) is 10.8. The smallest absolute Gasteiger partial charge is 0.222 e. The van der Waals surface area contributed by atoms with Crippen molar-refractivity contribution in [2.24, 2.45) is 11.3 Å². The van der Waals surface area contributed by atoms with Gasteiger partial charge in [0, 0.05) is 19.5 Å². The van der Waals surface area contributed by atoms with E-state index in [4.69, 9.17) is 0 Å². The third-order valence-corrected chi connectivity index (χ3v) is 3.42. The van der Waals surface area contributed by atoms with Crippen LogP contribution >= 0.6 is 0 Å². The molecule has 0 N–H and O–H groups in total. The van der Waals surface area contributed by atoms with Crippen LogP contribution in [0.4, 0.5) is 0 Å². The molecule has 0 saturated carbocycles.